The van der Waals surface area contributed by atoms with Crippen LogP contribution < -0.4 is 15.2 Å². The lowest BCUT2D eigenvalue weighted by atomic mass is 10.2. The first-order chi connectivity index (χ1) is 8.24. The predicted octanol–water partition coefficient (Wildman–Crippen LogP) is 1.14. The summed E-state index contributed by atoms with van der Waals surface area (Å²) >= 11 is 0. The minimum absolute atomic E-state index is 0.109. The zero-order chi connectivity index (χ0) is 12.3. The summed E-state index contributed by atoms with van der Waals surface area (Å²) in [5, 5.41) is 0. The maximum absolute atomic E-state index is 5.58. The molecule has 2 aromatic rings. The molecule has 6 heteroatoms. The molecule has 2 N–H and O–H groups in total. The van der Waals surface area contributed by atoms with Crippen molar-refractivity contribution in [1.82, 2.24) is 15.0 Å². The van der Waals surface area contributed by atoms with E-state index in [2.05, 4.69) is 15.0 Å². The number of anilines is 1. The Labute approximate surface area is 98.4 Å². The van der Waals surface area contributed by atoms with Gasteiger partial charge >= 0.3 is 6.01 Å². The van der Waals surface area contributed by atoms with Gasteiger partial charge in [-0.3, -0.25) is 0 Å². The van der Waals surface area contributed by atoms with Crippen molar-refractivity contribution in [1.29, 1.82) is 0 Å². The van der Waals surface area contributed by atoms with Crippen LogP contribution >= 0.6 is 0 Å². The van der Waals surface area contributed by atoms with Crippen LogP contribution in [0.4, 0.5) is 5.95 Å². The minimum Gasteiger partial charge on any atom is -0.496 e. The van der Waals surface area contributed by atoms with Crippen molar-refractivity contribution in [3.05, 3.63) is 24.3 Å². The first-order valence-corrected chi connectivity index (χ1v) is 4.93. The molecule has 0 amide bonds. The lowest BCUT2D eigenvalue weighted by Gasteiger charge is -2.07. The van der Waals surface area contributed by atoms with Gasteiger partial charge in [-0.1, -0.05) is 12.1 Å². The van der Waals surface area contributed by atoms with E-state index in [0.29, 0.717) is 11.6 Å². The van der Waals surface area contributed by atoms with Gasteiger partial charge in [-0.15, -0.1) is 0 Å². The van der Waals surface area contributed by atoms with Gasteiger partial charge in [0.25, 0.3) is 0 Å². The van der Waals surface area contributed by atoms with E-state index in [1.54, 1.807) is 7.11 Å². The number of para-hydroxylation sites is 1. The molecule has 1 aromatic heterocycles. The topological polar surface area (TPSA) is 83.2 Å². The predicted molar refractivity (Wildman–Crippen MR) is 62.8 cm³/mol. The highest BCUT2D eigenvalue weighted by Gasteiger charge is 2.11. The number of nitrogen functional groups attached to an aromatic ring is 1. The van der Waals surface area contributed by atoms with Crippen molar-refractivity contribution in [3.63, 3.8) is 0 Å². The maximum Gasteiger partial charge on any atom is 0.321 e. The Kier molecular flexibility index (Phi) is 3.04. The van der Waals surface area contributed by atoms with Crippen LogP contribution in [-0.4, -0.2) is 29.2 Å². The molecule has 17 heavy (non-hydrogen) atoms. The van der Waals surface area contributed by atoms with E-state index in [1.165, 1.54) is 7.11 Å². The molecule has 1 aromatic carbocycles. The third kappa shape index (κ3) is 2.25. The van der Waals surface area contributed by atoms with E-state index < -0.39 is 0 Å². The number of methoxy groups -OCH3 is 2. The first-order valence-electron chi connectivity index (χ1n) is 4.93. The molecule has 0 aliphatic heterocycles. The number of rotatable bonds is 3. The molecule has 1 heterocycles. The standard InChI is InChI=1S/C11H12N4O2/c1-16-8-6-4-3-5-7(8)9-13-10(12)15-11(14-9)17-2/h3-6H,1-2H3,(H2,12,13,14,15). The molecule has 0 fully saturated rings. The average Bonchev–Trinajstić information content (AvgIpc) is 2.37. The lowest BCUT2D eigenvalue weighted by Crippen LogP contribution is -2.03. The highest BCUT2D eigenvalue weighted by Crippen LogP contribution is 2.27. The maximum atomic E-state index is 5.58. The molecular weight excluding hydrogens is 220 g/mol. The molecule has 0 spiro atoms. The largest absolute Gasteiger partial charge is 0.496 e. The van der Waals surface area contributed by atoms with Gasteiger partial charge in [-0.25, -0.2) is 0 Å². The number of benzene rings is 1. The molecule has 0 aliphatic rings. The van der Waals surface area contributed by atoms with Gasteiger partial charge in [0.2, 0.25) is 5.95 Å². The van der Waals surface area contributed by atoms with Crippen molar-refractivity contribution in [3.8, 4) is 23.1 Å². The summed E-state index contributed by atoms with van der Waals surface area (Å²) in [6, 6.07) is 7.57. The fourth-order valence-electron chi connectivity index (χ4n) is 1.41. The Balaban J connectivity index is 2.55. The Bertz CT molecular complexity index is 531. The van der Waals surface area contributed by atoms with E-state index >= 15 is 0 Å². The van der Waals surface area contributed by atoms with E-state index in [-0.39, 0.29) is 12.0 Å². The van der Waals surface area contributed by atoms with Crippen LogP contribution in [-0.2, 0) is 0 Å². The third-order valence-electron chi connectivity index (χ3n) is 2.16. The summed E-state index contributed by atoms with van der Waals surface area (Å²) in [5.41, 5.74) is 6.32. The van der Waals surface area contributed by atoms with E-state index in [9.17, 15) is 0 Å². The first kappa shape index (κ1) is 11.1. The summed E-state index contributed by atoms with van der Waals surface area (Å²) in [6.45, 7) is 0. The molecule has 0 saturated heterocycles. The molecular formula is C11H12N4O2. The SMILES string of the molecule is COc1nc(N)nc(-c2ccccc2OC)n1. The summed E-state index contributed by atoms with van der Waals surface area (Å²) in [4.78, 5) is 12.0. The highest BCUT2D eigenvalue weighted by atomic mass is 16.5. The van der Waals surface area contributed by atoms with Gasteiger partial charge in [0.05, 0.1) is 19.8 Å². The molecule has 0 aliphatic carbocycles. The lowest BCUT2D eigenvalue weighted by molar-refractivity contribution is 0.379. The Morgan fingerprint density at radius 2 is 1.76 bits per heavy atom. The van der Waals surface area contributed by atoms with Gasteiger partial charge in [0, 0.05) is 0 Å². The van der Waals surface area contributed by atoms with Crippen molar-refractivity contribution in [2.24, 2.45) is 0 Å². The molecule has 0 bridgehead atoms. The van der Waals surface area contributed by atoms with Crippen molar-refractivity contribution in [2.45, 2.75) is 0 Å². The van der Waals surface area contributed by atoms with Gasteiger partial charge < -0.3 is 15.2 Å². The monoisotopic (exact) mass is 232 g/mol. The number of aromatic nitrogens is 3. The smallest absolute Gasteiger partial charge is 0.321 e. The second kappa shape index (κ2) is 4.65. The van der Waals surface area contributed by atoms with Crippen LogP contribution in [0.25, 0.3) is 11.4 Å². The Hall–Kier alpha value is -2.37. The molecule has 0 saturated carbocycles. The fraction of sp³-hybridized carbons (Fsp3) is 0.182. The molecule has 2 rings (SSSR count). The van der Waals surface area contributed by atoms with Gasteiger partial charge in [0.1, 0.15) is 5.75 Å². The average molecular weight is 232 g/mol. The number of hydrogen-bond donors (Lipinski definition) is 1. The van der Waals surface area contributed by atoms with Crippen LogP contribution in [0.2, 0.25) is 0 Å². The van der Waals surface area contributed by atoms with Crippen molar-refractivity contribution >= 4 is 5.95 Å². The van der Waals surface area contributed by atoms with Crippen molar-refractivity contribution in [2.75, 3.05) is 20.0 Å². The molecule has 0 unspecified atom stereocenters. The van der Waals surface area contributed by atoms with Gasteiger partial charge in [0.15, 0.2) is 5.82 Å². The molecule has 0 radical (unpaired) electrons. The Morgan fingerprint density at radius 3 is 2.47 bits per heavy atom. The van der Waals surface area contributed by atoms with Crippen molar-refractivity contribution < 1.29 is 9.47 Å². The minimum atomic E-state index is 0.109. The van der Waals surface area contributed by atoms with Crippen LogP contribution in [0.1, 0.15) is 0 Å². The summed E-state index contributed by atoms with van der Waals surface area (Å²) in [5.74, 6) is 1.20. The fourth-order valence-corrected chi connectivity index (χ4v) is 1.41. The quantitative estimate of drug-likeness (QED) is 0.854. The number of hydrogen-bond acceptors (Lipinski definition) is 6. The van der Waals surface area contributed by atoms with Gasteiger partial charge in [-0.05, 0) is 12.1 Å². The number of nitrogens with two attached hydrogens (primary N) is 1. The molecule has 88 valence electrons. The van der Waals surface area contributed by atoms with Gasteiger partial charge in [-0.2, -0.15) is 15.0 Å². The van der Waals surface area contributed by atoms with E-state index in [4.69, 9.17) is 15.2 Å². The normalized spacial score (nSPS) is 10.0. The number of nitrogens with zero attached hydrogens (tertiary/aromatic N) is 3. The van der Waals surface area contributed by atoms with E-state index in [0.717, 1.165) is 5.56 Å². The second-order valence-electron chi connectivity index (χ2n) is 3.20. The summed E-state index contributed by atoms with van der Waals surface area (Å²) in [6.07, 6.45) is 0. The summed E-state index contributed by atoms with van der Waals surface area (Å²) in [7, 11) is 3.06. The Morgan fingerprint density at radius 1 is 1.00 bits per heavy atom. The van der Waals surface area contributed by atoms with Crippen LogP contribution in [0.5, 0.6) is 11.8 Å². The van der Waals surface area contributed by atoms with Crippen LogP contribution in [0, 0.1) is 0 Å². The zero-order valence-electron chi connectivity index (χ0n) is 9.54. The highest BCUT2D eigenvalue weighted by molar-refractivity contribution is 5.64. The molecule has 0 atom stereocenters. The summed E-state index contributed by atoms with van der Waals surface area (Å²) < 4.78 is 10.2. The van der Waals surface area contributed by atoms with Crippen LogP contribution in [0.3, 0.4) is 0 Å². The number of ether oxygens (including phenoxy) is 2. The second-order valence-corrected chi connectivity index (χ2v) is 3.20. The van der Waals surface area contributed by atoms with Crippen LogP contribution in [0.15, 0.2) is 24.3 Å². The van der Waals surface area contributed by atoms with E-state index in [1.807, 2.05) is 24.3 Å². The third-order valence-corrected chi connectivity index (χ3v) is 2.16. The molecule has 6 nitrogen and oxygen atoms in total. The zero-order valence-corrected chi connectivity index (χ0v) is 9.54.